The number of hydrogen-bond acceptors (Lipinski definition) is 5. The highest BCUT2D eigenvalue weighted by atomic mass is 16.6. The number of pyridine rings is 1. The highest BCUT2D eigenvalue weighted by molar-refractivity contribution is 6.05. The van der Waals surface area contributed by atoms with E-state index in [0.29, 0.717) is 0 Å². The number of hydrogen-bond donors (Lipinski definition) is 2. The first-order valence-corrected chi connectivity index (χ1v) is 6.18. The van der Waals surface area contributed by atoms with E-state index in [9.17, 15) is 19.7 Å². The molecular weight excluding hydrogens is 290 g/mol. The van der Waals surface area contributed by atoms with E-state index in [1.54, 1.807) is 24.5 Å². The molecule has 0 saturated heterocycles. The average Bonchev–Trinajstić information content (AvgIpc) is 2.52. The van der Waals surface area contributed by atoms with Crippen molar-refractivity contribution < 1.29 is 19.6 Å². The number of carboxylic acids is 1. The van der Waals surface area contributed by atoms with Crippen molar-refractivity contribution in [1.29, 1.82) is 0 Å². The van der Waals surface area contributed by atoms with E-state index in [1.807, 2.05) is 0 Å². The van der Waals surface area contributed by atoms with Crippen LogP contribution in [0.1, 0.15) is 26.3 Å². The van der Waals surface area contributed by atoms with E-state index < -0.39 is 22.4 Å². The molecule has 2 N–H and O–H groups in total. The Balaban J connectivity index is 2.22. The third kappa shape index (κ3) is 3.42. The largest absolute Gasteiger partial charge is 0.478 e. The zero-order valence-electron chi connectivity index (χ0n) is 11.2. The van der Waals surface area contributed by atoms with Crippen molar-refractivity contribution in [3.05, 3.63) is 69.5 Å². The third-order valence-corrected chi connectivity index (χ3v) is 2.86. The van der Waals surface area contributed by atoms with Crippen molar-refractivity contribution in [2.24, 2.45) is 0 Å². The van der Waals surface area contributed by atoms with Crippen molar-refractivity contribution in [2.75, 3.05) is 0 Å². The summed E-state index contributed by atoms with van der Waals surface area (Å²) in [6, 6.07) is 6.53. The Hall–Kier alpha value is -3.29. The second kappa shape index (κ2) is 6.44. The molecule has 0 aliphatic carbocycles. The number of nitrogens with one attached hydrogen (secondary N) is 1. The molecule has 1 amide bonds. The minimum absolute atomic E-state index is 0.137. The number of nitro benzene ring substituents is 1. The number of amides is 1. The summed E-state index contributed by atoms with van der Waals surface area (Å²) in [4.78, 5) is 37.1. The summed E-state index contributed by atoms with van der Waals surface area (Å²) in [6.45, 7) is 0.169. The lowest BCUT2D eigenvalue weighted by Gasteiger charge is -2.07. The predicted octanol–water partition coefficient (Wildman–Crippen LogP) is 1.62. The van der Waals surface area contributed by atoms with Gasteiger partial charge in [0.2, 0.25) is 0 Å². The van der Waals surface area contributed by atoms with Gasteiger partial charge < -0.3 is 10.4 Å². The lowest BCUT2D eigenvalue weighted by atomic mass is 10.1. The average molecular weight is 301 g/mol. The molecule has 0 radical (unpaired) electrons. The molecule has 8 nitrogen and oxygen atoms in total. The van der Waals surface area contributed by atoms with Gasteiger partial charge in [0.1, 0.15) is 0 Å². The lowest BCUT2D eigenvalue weighted by Crippen LogP contribution is -2.25. The maximum absolute atomic E-state index is 12.1. The molecule has 0 spiro atoms. The summed E-state index contributed by atoms with van der Waals surface area (Å²) < 4.78 is 0. The van der Waals surface area contributed by atoms with Gasteiger partial charge in [-0.15, -0.1) is 0 Å². The second-order valence-electron chi connectivity index (χ2n) is 4.34. The number of carbonyl (C=O) groups excluding carboxylic acids is 1. The quantitative estimate of drug-likeness (QED) is 0.639. The zero-order chi connectivity index (χ0) is 16.1. The van der Waals surface area contributed by atoms with Gasteiger partial charge in [-0.25, -0.2) is 4.79 Å². The van der Waals surface area contributed by atoms with Crippen LogP contribution in [0.3, 0.4) is 0 Å². The number of aromatic carboxylic acids is 1. The summed E-state index contributed by atoms with van der Waals surface area (Å²) in [5, 5.41) is 22.3. The van der Waals surface area contributed by atoms with Crippen molar-refractivity contribution >= 4 is 17.6 Å². The fourth-order valence-corrected chi connectivity index (χ4v) is 1.80. The molecule has 2 rings (SSSR count). The first kappa shape index (κ1) is 15.1. The van der Waals surface area contributed by atoms with Crippen LogP contribution >= 0.6 is 0 Å². The van der Waals surface area contributed by atoms with Gasteiger partial charge in [0.05, 0.1) is 16.1 Å². The topological polar surface area (TPSA) is 122 Å². The molecule has 1 heterocycles. The standard InChI is InChI=1S/C14H11N3O5/c18-13(16-8-9-2-1-5-15-7-9)11-4-3-10(17(21)22)6-12(11)14(19)20/h1-7H,8H2,(H,16,18)(H,19,20). The van der Waals surface area contributed by atoms with Crippen LogP contribution in [-0.2, 0) is 6.54 Å². The van der Waals surface area contributed by atoms with Gasteiger partial charge in [-0.1, -0.05) is 6.07 Å². The predicted molar refractivity (Wildman–Crippen MR) is 75.5 cm³/mol. The molecule has 0 aliphatic heterocycles. The first-order valence-electron chi connectivity index (χ1n) is 6.18. The molecule has 1 aromatic carbocycles. The molecule has 0 bridgehead atoms. The van der Waals surface area contributed by atoms with Gasteiger partial charge in [0.15, 0.2) is 0 Å². The fraction of sp³-hybridized carbons (Fsp3) is 0.0714. The summed E-state index contributed by atoms with van der Waals surface area (Å²) in [7, 11) is 0. The number of rotatable bonds is 5. The van der Waals surface area contributed by atoms with E-state index in [1.165, 1.54) is 0 Å². The fourth-order valence-electron chi connectivity index (χ4n) is 1.80. The van der Waals surface area contributed by atoms with Gasteiger partial charge in [-0.2, -0.15) is 0 Å². The summed E-state index contributed by atoms with van der Waals surface area (Å²) >= 11 is 0. The van der Waals surface area contributed by atoms with E-state index in [4.69, 9.17) is 5.11 Å². The molecule has 2 aromatic rings. The zero-order valence-corrected chi connectivity index (χ0v) is 11.2. The van der Waals surface area contributed by atoms with Crippen LogP contribution in [0.5, 0.6) is 0 Å². The van der Waals surface area contributed by atoms with Crippen LogP contribution in [0.4, 0.5) is 5.69 Å². The van der Waals surface area contributed by atoms with Gasteiger partial charge in [-0.3, -0.25) is 19.9 Å². The van der Waals surface area contributed by atoms with E-state index in [-0.39, 0.29) is 17.8 Å². The van der Waals surface area contributed by atoms with Gasteiger partial charge in [0, 0.05) is 31.1 Å². The smallest absolute Gasteiger partial charge is 0.336 e. The number of benzene rings is 1. The van der Waals surface area contributed by atoms with Crippen LogP contribution in [-0.4, -0.2) is 26.9 Å². The first-order chi connectivity index (χ1) is 10.5. The summed E-state index contributed by atoms with van der Waals surface area (Å²) in [5.74, 6) is -2.04. The van der Waals surface area contributed by atoms with Crippen LogP contribution in [0.25, 0.3) is 0 Å². The van der Waals surface area contributed by atoms with Crippen molar-refractivity contribution in [1.82, 2.24) is 10.3 Å². The second-order valence-corrected chi connectivity index (χ2v) is 4.34. The van der Waals surface area contributed by atoms with Crippen molar-refractivity contribution in [3.8, 4) is 0 Å². The van der Waals surface area contributed by atoms with E-state index in [0.717, 1.165) is 23.8 Å². The molecule has 22 heavy (non-hydrogen) atoms. The Morgan fingerprint density at radius 1 is 1.27 bits per heavy atom. The maximum atomic E-state index is 12.1. The number of nitrogens with zero attached hydrogens (tertiary/aromatic N) is 2. The molecule has 112 valence electrons. The Kier molecular flexibility index (Phi) is 4.42. The number of non-ortho nitro benzene ring substituents is 1. The molecular formula is C14H11N3O5. The Bertz CT molecular complexity index is 731. The maximum Gasteiger partial charge on any atom is 0.336 e. The van der Waals surface area contributed by atoms with Crippen LogP contribution < -0.4 is 5.32 Å². The number of aromatic nitrogens is 1. The van der Waals surface area contributed by atoms with E-state index >= 15 is 0 Å². The normalized spacial score (nSPS) is 10.0. The minimum Gasteiger partial charge on any atom is -0.478 e. The molecule has 0 unspecified atom stereocenters. The highest BCUT2D eigenvalue weighted by Gasteiger charge is 2.20. The molecule has 8 heteroatoms. The van der Waals surface area contributed by atoms with Crippen LogP contribution in [0.2, 0.25) is 0 Å². The molecule has 0 atom stereocenters. The van der Waals surface area contributed by atoms with Crippen LogP contribution in [0.15, 0.2) is 42.7 Å². The van der Waals surface area contributed by atoms with Crippen molar-refractivity contribution in [2.45, 2.75) is 6.54 Å². The third-order valence-electron chi connectivity index (χ3n) is 2.86. The molecule has 0 aliphatic rings. The van der Waals surface area contributed by atoms with Crippen molar-refractivity contribution in [3.63, 3.8) is 0 Å². The number of carbonyl (C=O) groups is 2. The van der Waals surface area contributed by atoms with Gasteiger partial charge in [-0.05, 0) is 17.7 Å². The minimum atomic E-state index is -1.41. The number of carboxylic acid groups (broad SMARTS) is 1. The molecule has 0 saturated carbocycles. The molecule has 0 fully saturated rings. The Morgan fingerprint density at radius 2 is 2.05 bits per heavy atom. The highest BCUT2D eigenvalue weighted by Crippen LogP contribution is 2.18. The number of nitro groups is 1. The van der Waals surface area contributed by atoms with E-state index in [2.05, 4.69) is 10.3 Å². The molecule has 1 aromatic heterocycles. The Labute approximate surface area is 124 Å². The summed E-state index contributed by atoms with van der Waals surface area (Å²) in [5.41, 5.74) is -0.198. The SMILES string of the molecule is O=C(O)c1cc([N+](=O)[O-])ccc1C(=O)NCc1cccnc1. The Morgan fingerprint density at radius 3 is 2.64 bits per heavy atom. The summed E-state index contributed by atoms with van der Waals surface area (Å²) in [6.07, 6.45) is 3.15. The monoisotopic (exact) mass is 301 g/mol. The van der Waals surface area contributed by atoms with Gasteiger partial charge >= 0.3 is 5.97 Å². The van der Waals surface area contributed by atoms with Gasteiger partial charge in [0.25, 0.3) is 11.6 Å². The lowest BCUT2D eigenvalue weighted by molar-refractivity contribution is -0.384. The van der Waals surface area contributed by atoms with Crippen LogP contribution in [0, 0.1) is 10.1 Å².